The summed E-state index contributed by atoms with van der Waals surface area (Å²) in [7, 11) is 0. The van der Waals surface area contributed by atoms with Crippen LogP contribution in [-0.4, -0.2) is 5.97 Å². The molecule has 0 unspecified atom stereocenters. The van der Waals surface area contributed by atoms with Crippen molar-refractivity contribution in [2.75, 3.05) is 0 Å². The van der Waals surface area contributed by atoms with E-state index in [0.717, 1.165) is 49.7 Å². The number of hydrogen-bond acceptors (Lipinski definition) is 3. The van der Waals surface area contributed by atoms with E-state index in [4.69, 9.17) is 4.74 Å². The molecule has 0 bridgehead atoms. The minimum atomic E-state index is -0.118. The third-order valence-electron chi connectivity index (χ3n) is 3.61. The number of ether oxygens (including phenoxy) is 1. The van der Waals surface area contributed by atoms with E-state index in [1.54, 1.807) is 6.07 Å². The summed E-state index contributed by atoms with van der Waals surface area (Å²) in [6.07, 6.45) is 6.68. The first-order valence-electron chi connectivity index (χ1n) is 7.70. The average molecular weight is 286 g/mol. The summed E-state index contributed by atoms with van der Waals surface area (Å²) in [6.45, 7) is 0.364. The van der Waals surface area contributed by atoms with E-state index in [2.05, 4.69) is 0 Å². The average Bonchev–Trinajstić information content (AvgIpc) is 3.21. The van der Waals surface area contributed by atoms with Gasteiger partial charge in [0, 0.05) is 12.0 Å². The lowest BCUT2D eigenvalue weighted by Crippen LogP contribution is -2.04. The number of carbonyl (C=O) groups is 1. The molecule has 0 aliphatic heterocycles. The number of benzene rings is 1. The highest BCUT2D eigenvalue weighted by Crippen LogP contribution is 2.10. The maximum absolute atomic E-state index is 11.6. The Hall–Kier alpha value is -1.90. The molecular weight excluding hydrogens is 264 g/mol. The Kier molecular flexibility index (Phi) is 6.20. The molecule has 112 valence electrons. The summed E-state index contributed by atoms with van der Waals surface area (Å²) < 4.78 is 5.22. The molecule has 0 saturated heterocycles. The summed E-state index contributed by atoms with van der Waals surface area (Å²) in [6, 6.07) is 11.4. The van der Waals surface area contributed by atoms with Gasteiger partial charge in [0.2, 0.25) is 0 Å². The third kappa shape index (κ3) is 6.39. The molecule has 3 nitrogen and oxygen atoms in total. The summed E-state index contributed by atoms with van der Waals surface area (Å²) in [5.74, 6) is -0.118. The van der Waals surface area contributed by atoms with Crippen molar-refractivity contribution < 1.29 is 9.53 Å². The van der Waals surface area contributed by atoms with E-state index in [1.165, 1.54) is 0 Å². The van der Waals surface area contributed by atoms with Crippen molar-refractivity contribution in [1.29, 1.82) is 0 Å². The zero-order valence-corrected chi connectivity index (χ0v) is 12.3. The molecule has 2 aromatic rings. The van der Waals surface area contributed by atoms with Crippen LogP contribution in [0.4, 0.5) is 0 Å². The van der Waals surface area contributed by atoms with E-state index < -0.39 is 0 Å². The first-order valence-corrected chi connectivity index (χ1v) is 7.70. The predicted molar refractivity (Wildman–Crippen MR) is 82.7 cm³/mol. The molecule has 2 rings (SSSR count). The van der Waals surface area contributed by atoms with Crippen LogP contribution in [0, 0.1) is 0 Å². The van der Waals surface area contributed by atoms with Crippen LogP contribution in [0.15, 0.2) is 41.2 Å². The van der Waals surface area contributed by atoms with E-state index in [9.17, 15) is 9.59 Å². The van der Waals surface area contributed by atoms with E-state index in [-0.39, 0.29) is 11.4 Å². The smallest absolute Gasteiger partial charge is 0.306 e. The zero-order chi connectivity index (χ0) is 14.9. The lowest BCUT2D eigenvalue weighted by atomic mass is 10.1. The van der Waals surface area contributed by atoms with Crippen LogP contribution in [-0.2, 0) is 22.6 Å². The van der Waals surface area contributed by atoms with Crippen LogP contribution < -0.4 is 5.43 Å². The number of carbonyl (C=O) groups excluding carboxylic acids is 1. The molecule has 0 aromatic heterocycles. The SMILES string of the molecule is O=C(CCCCCCCc1cc1=O)OCc1ccccc1. The van der Waals surface area contributed by atoms with Gasteiger partial charge in [0.1, 0.15) is 6.61 Å². The van der Waals surface area contributed by atoms with Gasteiger partial charge in [0.05, 0.1) is 0 Å². The Labute approximate surface area is 125 Å². The molecule has 0 aliphatic carbocycles. The second-order valence-corrected chi connectivity index (χ2v) is 5.45. The number of esters is 1. The molecule has 0 spiro atoms. The molecule has 0 atom stereocenters. The van der Waals surface area contributed by atoms with Gasteiger partial charge in [-0.25, -0.2) is 0 Å². The van der Waals surface area contributed by atoms with Gasteiger partial charge in [-0.3, -0.25) is 9.59 Å². The van der Waals surface area contributed by atoms with Crippen molar-refractivity contribution in [2.24, 2.45) is 0 Å². The van der Waals surface area contributed by atoms with Crippen LogP contribution >= 0.6 is 0 Å². The lowest BCUT2D eigenvalue weighted by Gasteiger charge is -2.05. The molecule has 0 aliphatic rings. The highest BCUT2D eigenvalue weighted by atomic mass is 16.5. The monoisotopic (exact) mass is 286 g/mol. The first-order chi connectivity index (χ1) is 10.3. The van der Waals surface area contributed by atoms with E-state index >= 15 is 0 Å². The van der Waals surface area contributed by atoms with Gasteiger partial charge in [-0.15, -0.1) is 0 Å². The number of aryl methyl sites for hydroxylation is 1. The van der Waals surface area contributed by atoms with Crippen molar-refractivity contribution in [3.8, 4) is 0 Å². The van der Waals surface area contributed by atoms with Crippen molar-refractivity contribution in [2.45, 2.75) is 51.6 Å². The van der Waals surface area contributed by atoms with Gasteiger partial charge < -0.3 is 4.74 Å². The second kappa shape index (κ2) is 8.40. The fraction of sp³-hybridized carbons (Fsp3) is 0.444. The van der Waals surface area contributed by atoms with Crippen LogP contribution in [0.25, 0.3) is 0 Å². The van der Waals surface area contributed by atoms with Crippen LogP contribution in [0.2, 0.25) is 0 Å². The molecular formula is C18H22O3. The molecule has 0 saturated carbocycles. The Morgan fingerprint density at radius 2 is 1.62 bits per heavy atom. The largest absolute Gasteiger partial charge is 0.461 e. The highest BCUT2D eigenvalue weighted by Gasteiger charge is 2.06. The summed E-state index contributed by atoms with van der Waals surface area (Å²) in [5.41, 5.74) is 2.26. The van der Waals surface area contributed by atoms with Gasteiger partial charge in [0.15, 0.2) is 5.43 Å². The molecule has 0 amide bonds. The zero-order valence-electron chi connectivity index (χ0n) is 12.3. The van der Waals surface area contributed by atoms with Crippen molar-refractivity contribution in [3.63, 3.8) is 0 Å². The van der Waals surface area contributed by atoms with E-state index in [1.807, 2.05) is 30.3 Å². The first kappa shape index (κ1) is 15.5. The Morgan fingerprint density at radius 3 is 2.33 bits per heavy atom. The highest BCUT2D eigenvalue weighted by molar-refractivity contribution is 5.69. The van der Waals surface area contributed by atoms with Gasteiger partial charge in [0.25, 0.3) is 0 Å². The summed E-state index contributed by atoms with van der Waals surface area (Å²) >= 11 is 0. The Bertz CT molecular complexity index is 550. The molecule has 3 heteroatoms. The standard InChI is InChI=1S/C18H22O3/c19-17-13-16(17)11-7-2-1-3-8-12-18(20)21-14-15-9-5-4-6-10-15/h4-6,9-10,13H,1-3,7-8,11-12,14H2. The minimum absolute atomic E-state index is 0.118. The lowest BCUT2D eigenvalue weighted by molar-refractivity contribution is -0.145. The van der Waals surface area contributed by atoms with Crippen LogP contribution in [0.3, 0.4) is 0 Å². The number of unbranched alkanes of at least 4 members (excludes halogenated alkanes) is 4. The van der Waals surface area contributed by atoms with Gasteiger partial charge >= 0.3 is 5.97 Å². The maximum atomic E-state index is 11.6. The molecule has 21 heavy (non-hydrogen) atoms. The third-order valence-corrected chi connectivity index (χ3v) is 3.61. The molecule has 2 aromatic carbocycles. The van der Waals surface area contributed by atoms with Crippen molar-refractivity contribution in [1.82, 2.24) is 0 Å². The van der Waals surface area contributed by atoms with Crippen molar-refractivity contribution >= 4 is 5.97 Å². The number of rotatable bonds is 10. The Balaban J connectivity index is 1.43. The molecule has 0 fully saturated rings. The summed E-state index contributed by atoms with van der Waals surface area (Å²) in [5, 5.41) is 0. The normalized spacial score (nSPS) is 10.9. The van der Waals surface area contributed by atoms with E-state index in [0.29, 0.717) is 13.0 Å². The number of hydrogen-bond donors (Lipinski definition) is 0. The van der Waals surface area contributed by atoms with Gasteiger partial charge in [-0.1, -0.05) is 49.6 Å². The maximum Gasteiger partial charge on any atom is 0.306 e. The van der Waals surface area contributed by atoms with Crippen molar-refractivity contribution in [3.05, 3.63) is 57.7 Å². The second-order valence-electron chi connectivity index (χ2n) is 5.45. The van der Waals surface area contributed by atoms with Crippen LogP contribution in [0.5, 0.6) is 0 Å². The summed E-state index contributed by atoms with van der Waals surface area (Å²) in [4.78, 5) is 22.3. The fourth-order valence-corrected chi connectivity index (χ4v) is 2.24. The molecule has 0 heterocycles. The topological polar surface area (TPSA) is 43.4 Å². The fourth-order valence-electron chi connectivity index (χ4n) is 2.24. The minimum Gasteiger partial charge on any atom is -0.461 e. The molecule has 0 N–H and O–H groups in total. The molecule has 0 radical (unpaired) electrons. The van der Waals surface area contributed by atoms with Gasteiger partial charge in [-0.05, 0) is 30.9 Å². The quantitative estimate of drug-likeness (QED) is 0.495. The predicted octanol–water partition coefficient (Wildman–Crippen LogP) is 3.55. The van der Waals surface area contributed by atoms with Gasteiger partial charge in [-0.2, -0.15) is 0 Å². The Morgan fingerprint density at radius 1 is 0.952 bits per heavy atom. The van der Waals surface area contributed by atoms with Crippen LogP contribution in [0.1, 0.15) is 49.7 Å².